The third-order valence-electron chi connectivity index (χ3n) is 4.51. The van der Waals surface area contributed by atoms with Gasteiger partial charge in [-0.25, -0.2) is 4.79 Å². The lowest BCUT2D eigenvalue weighted by Gasteiger charge is -2.30. The van der Waals surface area contributed by atoms with Gasteiger partial charge in [-0.2, -0.15) is 0 Å². The topological polar surface area (TPSA) is 91.5 Å². The van der Waals surface area contributed by atoms with Crippen LogP contribution in [-0.2, 0) is 9.53 Å². The van der Waals surface area contributed by atoms with Gasteiger partial charge in [0.15, 0.2) is 0 Å². The van der Waals surface area contributed by atoms with Crippen LogP contribution in [0.3, 0.4) is 0 Å². The van der Waals surface area contributed by atoms with Gasteiger partial charge in [0.1, 0.15) is 5.69 Å². The highest BCUT2D eigenvalue weighted by Crippen LogP contribution is 2.22. The van der Waals surface area contributed by atoms with E-state index in [0.717, 1.165) is 11.1 Å². The summed E-state index contributed by atoms with van der Waals surface area (Å²) in [6.07, 6.45) is 2.79. The fourth-order valence-corrected chi connectivity index (χ4v) is 3.03. The molecule has 0 radical (unpaired) electrons. The maximum Gasteiger partial charge on any atom is 0.354 e. The molecule has 136 valence electrons. The van der Waals surface area contributed by atoms with Crippen LogP contribution in [-0.4, -0.2) is 54.4 Å². The first-order chi connectivity index (χ1) is 12.5. The molecule has 1 aromatic carbocycles. The number of ether oxygens (including phenoxy) is 1. The first-order valence-corrected chi connectivity index (χ1v) is 8.40. The van der Waals surface area contributed by atoms with Crippen LogP contribution in [0.25, 0.3) is 11.1 Å². The highest BCUT2D eigenvalue weighted by atomic mass is 16.5. The Bertz CT molecular complexity index is 843. The number of aromatic amines is 1. The predicted octanol–water partition coefficient (Wildman–Crippen LogP) is 1.82. The fourth-order valence-electron chi connectivity index (χ4n) is 3.03. The maximum atomic E-state index is 12.5. The number of methoxy groups -OCH3 is 1. The molecule has 7 heteroatoms. The molecule has 1 aliphatic heterocycles. The van der Waals surface area contributed by atoms with Crippen molar-refractivity contribution in [1.82, 2.24) is 15.2 Å². The number of likely N-dealkylation sites (tertiary alicyclic amines) is 1. The van der Waals surface area contributed by atoms with Gasteiger partial charge in [-0.3, -0.25) is 9.59 Å². The van der Waals surface area contributed by atoms with Crippen LogP contribution >= 0.6 is 0 Å². The summed E-state index contributed by atoms with van der Waals surface area (Å²) in [5, 5.41) is 2.98. The number of H-pyrrole nitrogens is 1. The van der Waals surface area contributed by atoms with Gasteiger partial charge < -0.3 is 19.9 Å². The minimum atomic E-state index is -0.443. The summed E-state index contributed by atoms with van der Waals surface area (Å²) in [5.74, 6) is -0.518. The number of esters is 1. The molecule has 0 spiro atoms. The minimum Gasteiger partial charge on any atom is -0.464 e. The Labute approximate surface area is 151 Å². The molecule has 1 aromatic heterocycles. The smallest absolute Gasteiger partial charge is 0.354 e. The van der Waals surface area contributed by atoms with E-state index in [9.17, 15) is 14.4 Å². The van der Waals surface area contributed by atoms with Crippen molar-refractivity contribution in [3.8, 4) is 11.1 Å². The summed E-state index contributed by atoms with van der Waals surface area (Å²) in [5.41, 5.74) is 2.50. The van der Waals surface area contributed by atoms with Crippen LogP contribution in [0.5, 0.6) is 0 Å². The zero-order valence-corrected chi connectivity index (χ0v) is 14.7. The monoisotopic (exact) mass is 355 g/mol. The zero-order chi connectivity index (χ0) is 18.7. The first-order valence-electron chi connectivity index (χ1n) is 8.40. The van der Waals surface area contributed by atoms with Crippen molar-refractivity contribution in [2.75, 3.05) is 20.7 Å². The van der Waals surface area contributed by atoms with E-state index in [0.29, 0.717) is 30.6 Å². The standard InChI is InChI=1S/C19H21N3O4/c1-22-11-15(6-7-17(22)23)21-18(24)13-5-3-4-12(8-13)14-9-16(20-10-14)19(25)26-2/h3-5,8-10,15,20H,6-7,11H2,1-2H3,(H,21,24)/t15-/m1/s1. The Morgan fingerprint density at radius 2 is 2.08 bits per heavy atom. The zero-order valence-electron chi connectivity index (χ0n) is 14.7. The summed E-state index contributed by atoms with van der Waals surface area (Å²) in [7, 11) is 3.07. The van der Waals surface area contributed by atoms with Crippen LogP contribution in [0, 0.1) is 0 Å². The summed E-state index contributed by atoms with van der Waals surface area (Å²) in [4.78, 5) is 40.2. The number of carbonyl (C=O) groups is 3. The SMILES string of the molecule is COC(=O)c1cc(-c2cccc(C(=O)N[C@@H]3CCC(=O)N(C)C3)c2)c[nH]1. The molecule has 3 rings (SSSR count). The highest BCUT2D eigenvalue weighted by Gasteiger charge is 2.24. The van der Waals surface area contributed by atoms with Crippen LogP contribution in [0.15, 0.2) is 36.5 Å². The summed E-state index contributed by atoms with van der Waals surface area (Å²) in [6.45, 7) is 0.518. The largest absolute Gasteiger partial charge is 0.464 e. The molecular weight excluding hydrogens is 334 g/mol. The summed E-state index contributed by atoms with van der Waals surface area (Å²) < 4.78 is 4.69. The van der Waals surface area contributed by atoms with Crippen molar-refractivity contribution in [2.45, 2.75) is 18.9 Å². The van der Waals surface area contributed by atoms with Crippen molar-refractivity contribution in [1.29, 1.82) is 0 Å². The molecule has 1 saturated heterocycles. The number of amides is 2. The molecule has 7 nitrogen and oxygen atoms in total. The second kappa shape index (κ2) is 7.43. The average molecular weight is 355 g/mol. The molecular formula is C19H21N3O4. The maximum absolute atomic E-state index is 12.5. The minimum absolute atomic E-state index is 0.0490. The van der Waals surface area contributed by atoms with Gasteiger partial charge in [0.2, 0.25) is 5.91 Å². The fraction of sp³-hybridized carbons (Fsp3) is 0.316. The molecule has 1 aliphatic rings. The van der Waals surface area contributed by atoms with Crippen LogP contribution in [0.2, 0.25) is 0 Å². The van der Waals surface area contributed by atoms with Crippen molar-refractivity contribution < 1.29 is 19.1 Å². The number of benzene rings is 1. The van der Waals surface area contributed by atoms with E-state index < -0.39 is 5.97 Å². The van der Waals surface area contributed by atoms with Crippen LogP contribution in [0.4, 0.5) is 0 Å². The van der Waals surface area contributed by atoms with E-state index in [-0.39, 0.29) is 17.9 Å². The molecule has 26 heavy (non-hydrogen) atoms. The van der Waals surface area contributed by atoms with Crippen molar-refractivity contribution in [3.63, 3.8) is 0 Å². The van der Waals surface area contributed by atoms with Crippen LogP contribution in [0.1, 0.15) is 33.7 Å². The Kier molecular flexibility index (Phi) is 5.06. The van der Waals surface area contributed by atoms with E-state index in [2.05, 4.69) is 15.0 Å². The normalized spacial score (nSPS) is 17.1. The van der Waals surface area contributed by atoms with Crippen molar-refractivity contribution in [2.24, 2.45) is 0 Å². The summed E-state index contributed by atoms with van der Waals surface area (Å²) in [6, 6.07) is 8.82. The molecule has 0 unspecified atom stereocenters. The first kappa shape index (κ1) is 17.7. The van der Waals surface area contributed by atoms with E-state index in [1.807, 2.05) is 6.07 Å². The Morgan fingerprint density at radius 1 is 1.27 bits per heavy atom. The lowest BCUT2D eigenvalue weighted by molar-refractivity contribution is -0.132. The molecule has 2 heterocycles. The van der Waals surface area contributed by atoms with Gasteiger partial charge in [0.05, 0.1) is 7.11 Å². The number of likely N-dealkylation sites (N-methyl/N-ethyl adjacent to an activating group) is 1. The van der Waals surface area contributed by atoms with Crippen LogP contribution < -0.4 is 5.32 Å². The van der Waals surface area contributed by atoms with E-state index in [1.54, 1.807) is 42.4 Å². The lowest BCUT2D eigenvalue weighted by atomic mass is 10.0. The Balaban J connectivity index is 1.72. The molecule has 2 amide bonds. The number of hydrogen-bond donors (Lipinski definition) is 2. The number of aromatic nitrogens is 1. The second-order valence-electron chi connectivity index (χ2n) is 6.36. The molecule has 0 aliphatic carbocycles. The Morgan fingerprint density at radius 3 is 2.81 bits per heavy atom. The molecule has 0 saturated carbocycles. The second-order valence-corrected chi connectivity index (χ2v) is 6.36. The molecule has 2 N–H and O–H groups in total. The van der Waals surface area contributed by atoms with Gasteiger partial charge in [-0.15, -0.1) is 0 Å². The van der Waals surface area contributed by atoms with Gasteiger partial charge in [-0.05, 0) is 30.2 Å². The number of rotatable bonds is 4. The van der Waals surface area contributed by atoms with Gasteiger partial charge in [-0.1, -0.05) is 12.1 Å². The summed E-state index contributed by atoms with van der Waals surface area (Å²) >= 11 is 0. The lowest BCUT2D eigenvalue weighted by Crippen LogP contribution is -2.48. The highest BCUT2D eigenvalue weighted by molar-refractivity contribution is 5.96. The number of hydrogen-bond acceptors (Lipinski definition) is 4. The third-order valence-corrected chi connectivity index (χ3v) is 4.51. The van der Waals surface area contributed by atoms with E-state index in [1.165, 1.54) is 7.11 Å². The van der Waals surface area contributed by atoms with Crippen molar-refractivity contribution in [3.05, 3.63) is 47.8 Å². The molecule has 1 atom stereocenters. The van der Waals surface area contributed by atoms with E-state index in [4.69, 9.17) is 0 Å². The number of nitrogens with zero attached hydrogens (tertiary/aromatic N) is 1. The van der Waals surface area contributed by atoms with Gasteiger partial charge in [0.25, 0.3) is 5.91 Å². The Hall–Kier alpha value is -3.09. The molecule has 2 aromatic rings. The molecule has 1 fully saturated rings. The average Bonchev–Trinajstić information content (AvgIpc) is 3.14. The van der Waals surface area contributed by atoms with E-state index >= 15 is 0 Å². The third kappa shape index (κ3) is 3.77. The van der Waals surface area contributed by atoms with Gasteiger partial charge in [0, 0.05) is 43.4 Å². The number of nitrogens with one attached hydrogen (secondary N) is 2. The quantitative estimate of drug-likeness (QED) is 0.819. The number of carbonyl (C=O) groups excluding carboxylic acids is 3. The van der Waals surface area contributed by atoms with Gasteiger partial charge >= 0.3 is 5.97 Å². The predicted molar refractivity (Wildman–Crippen MR) is 95.7 cm³/mol. The van der Waals surface area contributed by atoms with Crippen molar-refractivity contribution >= 4 is 17.8 Å². The number of piperidine rings is 1. The molecule has 0 bridgehead atoms.